The third-order valence-corrected chi connectivity index (χ3v) is 2.39. The van der Waals surface area contributed by atoms with E-state index in [-0.39, 0.29) is 12.4 Å². The number of rotatable bonds is 5. The van der Waals surface area contributed by atoms with E-state index >= 15 is 0 Å². The predicted octanol–water partition coefficient (Wildman–Crippen LogP) is -0.280. The summed E-state index contributed by atoms with van der Waals surface area (Å²) in [6.45, 7) is 1.27. The maximum atomic E-state index is 2.25. The average molecular weight is 228 g/mol. The molecular formula is C13H22ClN. The first kappa shape index (κ1) is 14.5. The molecule has 1 rings (SSSR count). The van der Waals surface area contributed by atoms with Gasteiger partial charge in [0.25, 0.3) is 0 Å². The van der Waals surface area contributed by atoms with Crippen molar-refractivity contribution in [1.82, 2.24) is 0 Å². The van der Waals surface area contributed by atoms with E-state index in [1.54, 1.807) is 0 Å². The Labute approximate surface area is 100 Å². The van der Waals surface area contributed by atoms with E-state index in [1.165, 1.54) is 31.4 Å². The summed E-state index contributed by atoms with van der Waals surface area (Å²) in [5.41, 5.74) is 1.47. The van der Waals surface area contributed by atoms with Crippen LogP contribution in [0.5, 0.6) is 0 Å². The number of unbranched alkanes of at least 4 members (excludes halogenated alkanes) is 1. The summed E-state index contributed by atoms with van der Waals surface area (Å²) in [4.78, 5) is 0. The van der Waals surface area contributed by atoms with Crippen LogP contribution < -0.4 is 12.4 Å². The van der Waals surface area contributed by atoms with Crippen LogP contribution in [0.4, 0.5) is 0 Å². The Morgan fingerprint density at radius 3 is 2.07 bits per heavy atom. The quantitative estimate of drug-likeness (QED) is 0.480. The van der Waals surface area contributed by atoms with Crippen molar-refractivity contribution in [1.29, 1.82) is 0 Å². The molecule has 86 valence electrons. The molecule has 0 fully saturated rings. The van der Waals surface area contributed by atoms with E-state index in [0.29, 0.717) is 0 Å². The lowest BCUT2D eigenvalue weighted by atomic mass is 10.1. The van der Waals surface area contributed by atoms with Crippen LogP contribution in [0.1, 0.15) is 18.4 Å². The normalized spacial score (nSPS) is 10.9. The van der Waals surface area contributed by atoms with Gasteiger partial charge in [0.1, 0.15) is 0 Å². The van der Waals surface area contributed by atoms with Crippen LogP contribution in [-0.4, -0.2) is 32.2 Å². The number of hydrogen-bond acceptors (Lipinski definition) is 0. The van der Waals surface area contributed by atoms with Crippen molar-refractivity contribution >= 4 is 0 Å². The van der Waals surface area contributed by atoms with Gasteiger partial charge in [-0.3, -0.25) is 0 Å². The maximum absolute atomic E-state index is 2.25. The Morgan fingerprint density at radius 1 is 0.933 bits per heavy atom. The number of halogens is 1. The smallest absolute Gasteiger partial charge is 0.0780 e. The Bertz CT molecular complexity index is 251. The van der Waals surface area contributed by atoms with Crippen LogP contribution >= 0.6 is 0 Å². The molecule has 0 saturated heterocycles. The van der Waals surface area contributed by atoms with Gasteiger partial charge >= 0.3 is 0 Å². The molecule has 0 N–H and O–H groups in total. The summed E-state index contributed by atoms with van der Waals surface area (Å²) in [5, 5.41) is 0. The monoisotopic (exact) mass is 227 g/mol. The number of quaternary nitrogens is 1. The number of aryl methyl sites for hydroxylation is 1. The summed E-state index contributed by atoms with van der Waals surface area (Å²) in [6, 6.07) is 10.7. The van der Waals surface area contributed by atoms with Crippen LogP contribution in [0.2, 0.25) is 0 Å². The van der Waals surface area contributed by atoms with Gasteiger partial charge < -0.3 is 16.9 Å². The average Bonchev–Trinajstić information content (AvgIpc) is 2.13. The fraction of sp³-hybridized carbons (Fsp3) is 0.538. The summed E-state index contributed by atoms with van der Waals surface area (Å²) in [5.74, 6) is 0. The lowest BCUT2D eigenvalue weighted by molar-refractivity contribution is -0.870. The predicted molar refractivity (Wildman–Crippen MR) is 62.3 cm³/mol. The van der Waals surface area contributed by atoms with Gasteiger partial charge in [0.05, 0.1) is 27.7 Å². The Morgan fingerprint density at radius 2 is 1.53 bits per heavy atom. The second kappa shape index (κ2) is 6.86. The third-order valence-electron chi connectivity index (χ3n) is 2.39. The van der Waals surface area contributed by atoms with Crippen molar-refractivity contribution in [2.75, 3.05) is 27.7 Å². The molecule has 0 bridgehead atoms. The molecular weight excluding hydrogens is 206 g/mol. The molecule has 0 radical (unpaired) electrons. The van der Waals surface area contributed by atoms with E-state index in [1.807, 2.05) is 0 Å². The van der Waals surface area contributed by atoms with Gasteiger partial charge in [-0.2, -0.15) is 0 Å². The highest BCUT2D eigenvalue weighted by Gasteiger charge is 2.05. The topological polar surface area (TPSA) is 0 Å². The summed E-state index contributed by atoms with van der Waals surface area (Å²) < 4.78 is 1.08. The summed E-state index contributed by atoms with van der Waals surface area (Å²) in [7, 11) is 6.76. The van der Waals surface area contributed by atoms with Gasteiger partial charge in [-0.1, -0.05) is 30.3 Å². The fourth-order valence-corrected chi connectivity index (χ4v) is 1.56. The van der Waals surface area contributed by atoms with E-state index in [2.05, 4.69) is 51.5 Å². The summed E-state index contributed by atoms with van der Waals surface area (Å²) in [6.07, 6.45) is 3.85. The Balaban J connectivity index is 0.00000196. The number of hydrogen-bond donors (Lipinski definition) is 0. The van der Waals surface area contributed by atoms with Crippen LogP contribution in [0.25, 0.3) is 0 Å². The van der Waals surface area contributed by atoms with Gasteiger partial charge in [0.2, 0.25) is 0 Å². The number of nitrogens with zero attached hydrogens (tertiary/aromatic N) is 1. The molecule has 0 heterocycles. The first-order chi connectivity index (χ1) is 6.58. The van der Waals surface area contributed by atoms with E-state index in [4.69, 9.17) is 0 Å². The van der Waals surface area contributed by atoms with Gasteiger partial charge in [-0.25, -0.2) is 0 Å². The first-order valence-corrected chi connectivity index (χ1v) is 5.42. The van der Waals surface area contributed by atoms with E-state index in [0.717, 1.165) is 4.48 Å². The molecule has 0 unspecified atom stereocenters. The molecule has 1 nitrogen and oxygen atoms in total. The molecule has 0 spiro atoms. The highest BCUT2D eigenvalue weighted by molar-refractivity contribution is 5.14. The maximum Gasteiger partial charge on any atom is 0.0780 e. The van der Waals surface area contributed by atoms with Crippen LogP contribution in [-0.2, 0) is 6.42 Å². The van der Waals surface area contributed by atoms with Gasteiger partial charge in [-0.15, -0.1) is 0 Å². The SMILES string of the molecule is C[N+](C)(C)CCCCc1ccccc1.[Cl-]. The Kier molecular flexibility index (Phi) is 6.62. The zero-order valence-corrected chi connectivity index (χ0v) is 10.8. The molecule has 0 aliphatic carbocycles. The van der Waals surface area contributed by atoms with Crippen molar-refractivity contribution < 1.29 is 16.9 Å². The van der Waals surface area contributed by atoms with Crippen molar-refractivity contribution in [3.05, 3.63) is 35.9 Å². The molecule has 1 aromatic carbocycles. The molecule has 15 heavy (non-hydrogen) atoms. The Hall–Kier alpha value is -0.530. The molecule has 0 aliphatic heterocycles. The fourth-order valence-electron chi connectivity index (χ4n) is 1.56. The zero-order valence-electron chi connectivity index (χ0n) is 10.0. The minimum atomic E-state index is 0. The third kappa shape index (κ3) is 7.40. The molecule has 0 saturated carbocycles. The lowest BCUT2D eigenvalue weighted by Crippen LogP contribution is -3.00. The van der Waals surface area contributed by atoms with E-state index in [9.17, 15) is 0 Å². The highest BCUT2D eigenvalue weighted by atomic mass is 35.5. The van der Waals surface area contributed by atoms with E-state index < -0.39 is 0 Å². The van der Waals surface area contributed by atoms with Crippen molar-refractivity contribution in [2.45, 2.75) is 19.3 Å². The van der Waals surface area contributed by atoms with Crippen molar-refractivity contribution in [2.24, 2.45) is 0 Å². The lowest BCUT2D eigenvalue weighted by Gasteiger charge is -2.23. The number of benzene rings is 1. The molecule has 0 aliphatic rings. The second-order valence-electron chi connectivity index (χ2n) is 4.96. The van der Waals surface area contributed by atoms with Crippen molar-refractivity contribution in [3.8, 4) is 0 Å². The molecule has 0 amide bonds. The second-order valence-corrected chi connectivity index (χ2v) is 4.96. The standard InChI is InChI=1S/C13H22N.ClH/c1-14(2,3)12-8-7-11-13-9-5-4-6-10-13;/h4-6,9-10H,7-8,11-12H2,1-3H3;1H/q+1;/p-1. The van der Waals surface area contributed by atoms with Crippen LogP contribution in [0, 0.1) is 0 Å². The van der Waals surface area contributed by atoms with Crippen molar-refractivity contribution in [3.63, 3.8) is 0 Å². The minimum Gasteiger partial charge on any atom is -1.00 e. The highest BCUT2D eigenvalue weighted by Crippen LogP contribution is 2.05. The van der Waals surface area contributed by atoms with Gasteiger partial charge in [0.15, 0.2) is 0 Å². The van der Waals surface area contributed by atoms with Crippen LogP contribution in [0.3, 0.4) is 0 Å². The molecule has 0 aromatic heterocycles. The molecule has 0 atom stereocenters. The molecule has 1 aromatic rings. The van der Waals surface area contributed by atoms with Gasteiger partial charge in [-0.05, 0) is 24.8 Å². The largest absolute Gasteiger partial charge is 1.00 e. The first-order valence-electron chi connectivity index (χ1n) is 5.42. The van der Waals surface area contributed by atoms with Gasteiger partial charge in [0, 0.05) is 0 Å². The minimum absolute atomic E-state index is 0. The summed E-state index contributed by atoms with van der Waals surface area (Å²) >= 11 is 0. The zero-order chi connectivity index (χ0) is 10.4. The molecule has 2 heteroatoms. The van der Waals surface area contributed by atoms with Crippen LogP contribution in [0.15, 0.2) is 30.3 Å².